The maximum atomic E-state index is 14.8. The zero-order valence-corrected chi connectivity index (χ0v) is 21.6. The zero-order valence-electron chi connectivity index (χ0n) is 20.8. The van der Waals surface area contributed by atoms with Gasteiger partial charge in [-0.15, -0.1) is 0 Å². The van der Waals surface area contributed by atoms with Gasteiger partial charge in [0.2, 0.25) is 21.7 Å². The van der Waals surface area contributed by atoms with Gasteiger partial charge in [-0.1, -0.05) is 48.5 Å². The number of primary sulfonamides is 1. The van der Waals surface area contributed by atoms with Crippen LogP contribution in [0.5, 0.6) is 17.2 Å². The van der Waals surface area contributed by atoms with Crippen LogP contribution in [0.2, 0.25) is 0 Å². The highest BCUT2D eigenvalue weighted by Crippen LogP contribution is 2.40. The van der Waals surface area contributed by atoms with Crippen molar-refractivity contribution >= 4 is 33.2 Å². The summed E-state index contributed by atoms with van der Waals surface area (Å²) in [4.78, 5) is 8.26. The van der Waals surface area contributed by atoms with Crippen LogP contribution < -0.4 is 30.0 Å². The minimum Gasteiger partial charge on any atom is -0.493 e. The van der Waals surface area contributed by atoms with Gasteiger partial charge in [-0.3, -0.25) is 0 Å². The van der Waals surface area contributed by atoms with Crippen molar-refractivity contribution in [3.63, 3.8) is 0 Å². The Bertz CT molecular complexity index is 1510. The number of sulfonamides is 1. The number of ether oxygens (including phenoxy) is 3. The van der Waals surface area contributed by atoms with Gasteiger partial charge in [0.25, 0.3) is 0 Å². The van der Waals surface area contributed by atoms with E-state index in [1.807, 2.05) is 0 Å². The number of nitrogens with one attached hydrogen (secondary N) is 2. The molecule has 1 atom stereocenters. The van der Waals surface area contributed by atoms with Crippen molar-refractivity contribution < 1.29 is 27.0 Å². The number of para-hydroxylation sites is 1. The summed E-state index contributed by atoms with van der Waals surface area (Å²) >= 11 is 0. The number of nitrogens with two attached hydrogens (primary N) is 1. The van der Waals surface area contributed by atoms with Crippen molar-refractivity contribution in [2.24, 2.45) is 5.14 Å². The van der Waals surface area contributed by atoms with E-state index in [-0.39, 0.29) is 11.8 Å². The fourth-order valence-electron chi connectivity index (χ4n) is 3.94. The predicted octanol–water partition coefficient (Wildman–Crippen LogP) is 4.51. The minimum atomic E-state index is -4.08. The molecule has 0 aliphatic rings. The van der Waals surface area contributed by atoms with E-state index >= 15 is 0 Å². The lowest BCUT2D eigenvalue weighted by Gasteiger charge is -2.20. The molecule has 1 unspecified atom stereocenters. The number of halogens is 1. The van der Waals surface area contributed by atoms with Gasteiger partial charge in [0, 0.05) is 23.5 Å². The van der Waals surface area contributed by atoms with E-state index in [4.69, 9.17) is 19.3 Å². The molecule has 0 saturated carbocycles. The molecular weight excluding hydrogens is 513 g/mol. The van der Waals surface area contributed by atoms with E-state index in [9.17, 15) is 12.8 Å². The normalized spacial score (nSPS) is 11.9. The summed E-state index contributed by atoms with van der Waals surface area (Å²) in [6, 6.07) is 18.4. The van der Waals surface area contributed by atoms with Gasteiger partial charge in [-0.05, 0) is 17.2 Å². The van der Waals surface area contributed by atoms with Gasteiger partial charge in [-0.2, -0.15) is 4.98 Å². The molecule has 0 fully saturated rings. The summed E-state index contributed by atoms with van der Waals surface area (Å²) in [5.41, 5.74) is 1.61. The number of hydrogen-bond acceptors (Lipinski definition) is 9. The first-order valence-electron chi connectivity index (χ1n) is 11.3. The second-order valence-corrected chi connectivity index (χ2v) is 9.67. The number of rotatable bonds is 10. The average Bonchev–Trinajstić information content (AvgIpc) is 2.91. The average molecular weight is 540 g/mol. The summed E-state index contributed by atoms with van der Waals surface area (Å²) in [5, 5.41) is 10.3. The Morgan fingerprint density at radius 3 is 2.13 bits per heavy atom. The first kappa shape index (κ1) is 26.6. The number of nitrogens with zero attached hydrogens (tertiary/aromatic N) is 2. The van der Waals surface area contributed by atoms with Crippen LogP contribution in [0, 0.1) is 5.82 Å². The summed E-state index contributed by atoms with van der Waals surface area (Å²) in [6.07, 6.45) is 0.993. The van der Waals surface area contributed by atoms with Crippen LogP contribution in [0.15, 0.2) is 72.9 Å². The highest BCUT2D eigenvalue weighted by atomic mass is 32.2. The first-order valence-corrected chi connectivity index (χ1v) is 12.9. The molecule has 198 valence electrons. The summed E-state index contributed by atoms with van der Waals surface area (Å²) in [5.74, 6) is 0.345. The molecule has 4 N–H and O–H groups in total. The Morgan fingerprint density at radius 2 is 1.53 bits per heavy atom. The standard InChI is InChI=1S/C26H26FN5O5S/c1-35-21-13-17(14-22(36-2)23(21)37-3)30-26-29-15-19(27)25(32-26)31-20-12-8-7-11-18(20)24(38(28,33)34)16-9-5-4-6-10-16/h4-15,24H,1-3H3,(H2,28,33,34)(H2,29,30,31,32). The molecule has 0 aliphatic heterocycles. The fourth-order valence-corrected chi connectivity index (χ4v) is 5.03. The quantitative estimate of drug-likeness (QED) is 0.266. The predicted molar refractivity (Wildman–Crippen MR) is 142 cm³/mol. The van der Waals surface area contributed by atoms with Crippen molar-refractivity contribution in [1.82, 2.24) is 9.97 Å². The number of anilines is 4. The van der Waals surface area contributed by atoms with Gasteiger partial charge in [0.1, 0.15) is 5.25 Å². The third kappa shape index (κ3) is 5.76. The Balaban J connectivity index is 1.70. The molecule has 12 heteroatoms. The Morgan fingerprint density at radius 1 is 0.895 bits per heavy atom. The van der Waals surface area contributed by atoms with Crippen LogP contribution in [0.3, 0.4) is 0 Å². The molecule has 38 heavy (non-hydrogen) atoms. The van der Waals surface area contributed by atoms with Crippen LogP contribution in [0.1, 0.15) is 16.4 Å². The molecule has 10 nitrogen and oxygen atoms in total. The van der Waals surface area contributed by atoms with Crippen molar-refractivity contribution in [3.05, 3.63) is 89.9 Å². The molecule has 4 rings (SSSR count). The van der Waals surface area contributed by atoms with E-state index in [0.29, 0.717) is 39.8 Å². The Kier molecular flexibility index (Phi) is 7.93. The van der Waals surface area contributed by atoms with E-state index < -0.39 is 21.1 Å². The highest BCUT2D eigenvalue weighted by Gasteiger charge is 2.28. The molecule has 0 bridgehead atoms. The number of aromatic nitrogens is 2. The minimum absolute atomic E-state index is 0.0618. The van der Waals surface area contributed by atoms with Crippen LogP contribution in [-0.4, -0.2) is 39.7 Å². The first-order chi connectivity index (χ1) is 18.2. The summed E-state index contributed by atoms with van der Waals surface area (Å²) < 4.78 is 56.1. The van der Waals surface area contributed by atoms with Gasteiger partial charge in [0.15, 0.2) is 23.1 Å². The van der Waals surface area contributed by atoms with Gasteiger partial charge in [0.05, 0.1) is 27.5 Å². The second kappa shape index (κ2) is 11.3. The van der Waals surface area contributed by atoms with Crippen molar-refractivity contribution in [2.45, 2.75) is 5.25 Å². The van der Waals surface area contributed by atoms with Crippen LogP contribution in [0.25, 0.3) is 0 Å². The van der Waals surface area contributed by atoms with Crippen LogP contribution in [-0.2, 0) is 10.0 Å². The number of hydrogen-bond donors (Lipinski definition) is 3. The third-order valence-electron chi connectivity index (χ3n) is 5.59. The monoisotopic (exact) mass is 539 g/mol. The van der Waals surface area contributed by atoms with E-state index in [2.05, 4.69) is 20.6 Å². The maximum Gasteiger partial charge on any atom is 0.229 e. The van der Waals surface area contributed by atoms with Crippen molar-refractivity contribution in [3.8, 4) is 17.2 Å². The molecule has 1 aromatic heterocycles. The Hall–Kier alpha value is -4.42. The van der Waals surface area contributed by atoms with Crippen molar-refractivity contribution in [1.29, 1.82) is 0 Å². The summed E-state index contributed by atoms with van der Waals surface area (Å²) in [6.45, 7) is 0. The molecule has 0 aliphatic carbocycles. The molecule has 0 saturated heterocycles. The van der Waals surface area contributed by atoms with E-state index in [1.165, 1.54) is 21.3 Å². The highest BCUT2D eigenvalue weighted by molar-refractivity contribution is 7.89. The van der Waals surface area contributed by atoms with Gasteiger partial charge < -0.3 is 24.8 Å². The van der Waals surface area contributed by atoms with E-state index in [0.717, 1.165) is 6.20 Å². The third-order valence-corrected chi connectivity index (χ3v) is 6.78. The molecular formula is C26H26FN5O5S. The molecule has 3 aromatic carbocycles. The lowest BCUT2D eigenvalue weighted by Crippen LogP contribution is -2.23. The topological polar surface area (TPSA) is 138 Å². The van der Waals surface area contributed by atoms with E-state index in [1.54, 1.807) is 66.7 Å². The molecule has 4 aromatic rings. The molecule has 0 spiro atoms. The maximum absolute atomic E-state index is 14.8. The largest absolute Gasteiger partial charge is 0.493 e. The lowest BCUT2D eigenvalue weighted by molar-refractivity contribution is 0.324. The lowest BCUT2D eigenvalue weighted by atomic mass is 10.0. The van der Waals surface area contributed by atoms with Crippen LogP contribution >= 0.6 is 0 Å². The zero-order chi connectivity index (χ0) is 27.3. The fraction of sp³-hybridized carbons (Fsp3) is 0.154. The molecule has 0 amide bonds. The molecule has 0 radical (unpaired) electrons. The Labute approximate surface area is 219 Å². The number of benzene rings is 3. The SMILES string of the molecule is COc1cc(Nc2ncc(F)c(Nc3ccccc3C(c3ccccc3)S(N)(=O)=O)n2)cc(OC)c1OC. The molecule has 1 heterocycles. The number of methoxy groups -OCH3 is 3. The second-order valence-electron chi connectivity index (χ2n) is 8.02. The van der Waals surface area contributed by atoms with Gasteiger partial charge >= 0.3 is 0 Å². The summed E-state index contributed by atoms with van der Waals surface area (Å²) in [7, 11) is 0.385. The van der Waals surface area contributed by atoms with Gasteiger partial charge in [-0.25, -0.2) is 22.9 Å². The smallest absolute Gasteiger partial charge is 0.229 e. The van der Waals surface area contributed by atoms with Crippen LogP contribution in [0.4, 0.5) is 27.5 Å². The van der Waals surface area contributed by atoms with Crippen molar-refractivity contribution in [2.75, 3.05) is 32.0 Å².